The van der Waals surface area contributed by atoms with E-state index in [1.165, 1.54) is 18.9 Å². The predicted molar refractivity (Wildman–Crippen MR) is 68.7 cm³/mol. The first kappa shape index (κ1) is 11.7. The zero-order valence-corrected chi connectivity index (χ0v) is 10.6. The van der Waals surface area contributed by atoms with Gasteiger partial charge in [-0.25, -0.2) is 4.98 Å². The van der Waals surface area contributed by atoms with E-state index in [-0.39, 0.29) is 5.56 Å². The molecule has 2 unspecified atom stereocenters. The first-order chi connectivity index (χ1) is 8.76. The molecule has 5 heteroatoms. The Morgan fingerprint density at radius 1 is 1.50 bits per heavy atom. The summed E-state index contributed by atoms with van der Waals surface area (Å²) in [6.07, 6.45) is 4.57. The van der Waals surface area contributed by atoms with Gasteiger partial charge < -0.3 is 15.0 Å². The van der Waals surface area contributed by atoms with E-state index in [0.717, 1.165) is 25.3 Å². The minimum Gasteiger partial charge on any atom is -0.376 e. The zero-order chi connectivity index (χ0) is 12.5. The van der Waals surface area contributed by atoms with Crippen molar-refractivity contribution in [2.45, 2.75) is 44.8 Å². The van der Waals surface area contributed by atoms with E-state index < -0.39 is 0 Å². The molecule has 5 nitrogen and oxygen atoms in total. The van der Waals surface area contributed by atoms with Gasteiger partial charge in [-0.1, -0.05) is 6.92 Å². The second-order valence-corrected chi connectivity index (χ2v) is 5.14. The van der Waals surface area contributed by atoms with E-state index in [1.54, 1.807) is 0 Å². The Labute approximate surface area is 106 Å². The predicted octanol–water partition coefficient (Wildman–Crippen LogP) is 1.31. The van der Waals surface area contributed by atoms with Gasteiger partial charge in [0.05, 0.1) is 12.1 Å². The van der Waals surface area contributed by atoms with Gasteiger partial charge >= 0.3 is 0 Å². The molecule has 1 aliphatic carbocycles. The molecule has 2 aliphatic rings. The van der Waals surface area contributed by atoms with Crippen LogP contribution in [-0.2, 0) is 11.2 Å². The molecule has 1 aromatic rings. The summed E-state index contributed by atoms with van der Waals surface area (Å²) in [6, 6.07) is 1.83. The average molecular weight is 249 g/mol. The van der Waals surface area contributed by atoms with Gasteiger partial charge in [0.25, 0.3) is 5.56 Å². The quantitative estimate of drug-likeness (QED) is 0.844. The summed E-state index contributed by atoms with van der Waals surface area (Å²) >= 11 is 0. The van der Waals surface area contributed by atoms with Crippen LogP contribution < -0.4 is 10.9 Å². The maximum absolute atomic E-state index is 11.5. The number of aryl methyl sites for hydroxylation is 1. The third kappa shape index (κ3) is 2.41. The first-order valence-electron chi connectivity index (χ1n) is 6.74. The second-order valence-electron chi connectivity index (χ2n) is 5.14. The molecule has 98 valence electrons. The van der Waals surface area contributed by atoms with Gasteiger partial charge in [-0.15, -0.1) is 0 Å². The van der Waals surface area contributed by atoms with Crippen LogP contribution in [0, 0.1) is 5.92 Å². The van der Waals surface area contributed by atoms with Crippen LogP contribution in [0.1, 0.15) is 32.0 Å². The smallest absolute Gasteiger partial charge is 0.252 e. The van der Waals surface area contributed by atoms with Crippen LogP contribution in [0.15, 0.2) is 10.9 Å². The van der Waals surface area contributed by atoms with E-state index in [9.17, 15) is 4.79 Å². The van der Waals surface area contributed by atoms with Gasteiger partial charge in [0, 0.05) is 19.1 Å². The van der Waals surface area contributed by atoms with E-state index >= 15 is 0 Å². The molecule has 0 spiro atoms. The lowest BCUT2D eigenvalue weighted by Gasteiger charge is -2.20. The number of nitrogens with zero attached hydrogens (tertiary/aromatic N) is 1. The van der Waals surface area contributed by atoms with Crippen molar-refractivity contribution in [3.8, 4) is 0 Å². The number of anilines is 1. The molecule has 1 saturated heterocycles. The lowest BCUT2D eigenvalue weighted by atomic mass is 10.1. The number of nitrogens with one attached hydrogen (secondary N) is 2. The van der Waals surface area contributed by atoms with Crippen molar-refractivity contribution in [1.82, 2.24) is 9.97 Å². The van der Waals surface area contributed by atoms with Crippen molar-refractivity contribution >= 4 is 5.82 Å². The van der Waals surface area contributed by atoms with Crippen molar-refractivity contribution in [3.05, 3.63) is 22.2 Å². The van der Waals surface area contributed by atoms with Crippen LogP contribution in [0.4, 0.5) is 5.82 Å². The summed E-state index contributed by atoms with van der Waals surface area (Å²) in [4.78, 5) is 18.6. The Morgan fingerprint density at radius 2 is 2.33 bits per heavy atom. The first-order valence-corrected chi connectivity index (χ1v) is 6.74. The number of aromatic amines is 1. The number of H-pyrrole nitrogens is 1. The summed E-state index contributed by atoms with van der Waals surface area (Å²) in [5.74, 6) is 2.11. The highest BCUT2D eigenvalue weighted by Crippen LogP contribution is 2.39. The Balaban J connectivity index is 1.75. The zero-order valence-electron chi connectivity index (χ0n) is 10.6. The largest absolute Gasteiger partial charge is 0.376 e. The third-order valence-corrected chi connectivity index (χ3v) is 3.68. The van der Waals surface area contributed by atoms with Crippen molar-refractivity contribution in [1.29, 1.82) is 0 Å². The van der Waals surface area contributed by atoms with Crippen LogP contribution in [0.25, 0.3) is 0 Å². The Bertz CT molecular complexity index is 481. The number of ether oxygens (including phenoxy) is 1. The van der Waals surface area contributed by atoms with Gasteiger partial charge in [-0.3, -0.25) is 4.79 Å². The summed E-state index contributed by atoms with van der Waals surface area (Å²) in [5, 5.41) is 3.37. The second kappa shape index (κ2) is 4.72. The molecule has 1 aliphatic heterocycles. The molecular weight excluding hydrogens is 230 g/mol. The molecule has 2 heterocycles. The molecule has 0 amide bonds. The van der Waals surface area contributed by atoms with Gasteiger partial charge in [-0.05, 0) is 25.2 Å². The minimum absolute atomic E-state index is 0.0914. The molecule has 0 aromatic carbocycles. The number of hydrogen-bond donors (Lipinski definition) is 2. The highest BCUT2D eigenvalue weighted by Gasteiger charge is 2.40. The average Bonchev–Trinajstić information content (AvgIpc) is 3.10. The maximum Gasteiger partial charge on any atom is 0.252 e. The van der Waals surface area contributed by atoms with Gasteiger partial charge in [0.1, 0.15) is 11.6 Å². The SMILES string of the molecule is CCc1nc(NC2CCOC2C2CC2)cc(=O)[nH]1. The van der Waals surface area contributed by atoms with Gasteiger partial charge in [-0.2, -0.15) is 0 Å². The fourth-order valence-electron chi connectivity index (χ4n) is 2.59. The van der Waals surface area contributed by atoms with Gasteiger partial charge in [0.15, 0.2) is 0 Å². The van der Waals surface area contributed by atoms with Crippen LogP contribution in [0.5, 0.6) is 0 Å². The molecule has 0 radical (unpaired) electrons. The van der Waals surface area contributed by atoms with E-state index in [4.69, 9.17) is 4.74 Å². The number of aromatic nitrogens is 2. The molecular formula is C13H19N3O2. The maximum atomic E-state index is 11.5. The summed E-state index contributed by atoms with van der Waals surface area (Å²) in [6.45, 7) is 2.79. The van der Waals surface area contributed by atoms with Crippen molar-refractivity contribution < 1.29 is 4.74 Å². The van der Waals surface area contributed by atoms with E-state index in [0.29, 0.717) is 23.9 Å². The highest BCUT2D eigenvalue weighted by atomic mass is 16.5. The Morgan fingerprint density at radius 3 is 3.06 bits per heavy atom. The third-order valence-electron chi connectivity index (χ3n) is 3.68. The Kier molecular flexibility index (Phi) is 3.07. The highest BCUT2D eigenvalue weighted by molar-refractivity contribution is 5.35. The molecule has 2 atom stereocenters. The number of hydrogen-bond acceptors (Lipinski definition) is 4. The summed E-state index contributed by atoms with van der Waals surface area (Å²) in [7, 11) is 0. The Hall–Kier alpha value is -1.36. The lowest BCUT2D eigenvalue weighted by molar-refractivity contribution is 0.0898. The molecule has 2 fully saturated rings. The number of rotatable bonds is 4. The molecule has 3 rings (SSSR count). The van der Waals surface area contributed by atoms with Crippen molar-refractivity contribution in [3.63, 3.8) is 0 Å². The fraction of sp³-hybridized carbons (Fsp3) is 0.692. The standard InChI is InChI=1S/C13H19N3O2/c1-2-10-15-11(7-12(17)16-10)14-9-5-6-18-13(9)8-3-4-8/h7-9,13H,2-6H2,1H3,(H2,14,15,16,17). The lowest BCUT2D eigenvalue weighted by Crippen LogP contribution is -2.32. The monoisotopic (exact) mass is 249 g/mol. The summed E-state index contributed by atoms with van der Waals surface area (Å²) in [5.41, 5.74) is -0.0914. The normalized spacial score (nSPS) is 27.4. The molecule has 1 saturated carbocycles. The molecule has 2 N–H and O–H groups in total. The van der Waals surface area contributed by atoms with Crippen molar-refractivity contribution in [2.75, 3.05) is 11.9 Å². The summed E-state index contributed by atoms with van der Waals surface area (Å²) < 4.78 is 5.77. The van der Waals surface area contributed by atoms with E-state index in [2.05, 4.69) is 15.3 Å². The van der Waals surface area contributed by atoms with Gasteiger partial charge in [0.2, 0.25) is 0 Å². The molecule has 18 heavy (non-hydrogen) atoms. The van der Waals surface area contributed by atoms with Crippen LogP contribution >= 0.6 is 0 Å². The van der Waals surface area contributed by atoms with E-state index in [1.807, 2.05) is 6.92 Å². The van der Waals surface area contributed by atoms with Crippen LogP contribution in [-0.4, -0.2) is 28.7 Å². The fourth-order valence-corrected chi connectivity index (χ4v) is 2.59. The molecule has 0 bridgehead atoms. The van der Waals surface area contributed by atoms with Crippen LogP contribution in [0.2, 0.25) is 0 Å². The minimum atomic E-state index is -0.0914. The van der Waals surface area contributed by atoms with Crippen molar-refractivity contribution in [2.24, 2.45) is 5.92 Å². The van der Waals surface area contributed by atoms with Crippen LogP contribution in [0.3, 0.4) is 0 Å². The topological polar surface area (TPSA) is 67.0 Å². The molecule has 1 aromatic heterocycles.